The van der Waals surface area contributed by atoms with Gasteiger partial charge in [-0.15, -0.1) is 24.8 Å². The van der Waals surface area contributed by atoms with Crippen molar-refractivity contribution < 1.29 is 17.6 Å². The lowest BCUT2D eigenvalue weighted by molar-refractivity contribution is -0.188. The van der Waals surface area contributed by atoms with Crippen LogP contribution in [0.2, 0.25) is 10.0 Å². The fourth-order valence-corrected chi connectivity index (χ4v) is 2.70. The maximum atomic E-state index is 14.0. The van der Waals surface area contributed by atoms with E-state index in [0.29, 0.717) is 13.1 Å². The molecule has 0 spiro atoms. The van der Waals surface area contributed by atoms with Gasteiger partial charge in [-0.05, 0) is 12.1 Å². The SMILES string of the molecule is Cl.Cl.Fc1c(Cl)ccc(Cl)c1[C@@H](N1CCNCC1)C(F)(F)F. The Labute approximate surface area is 147 Å². The van der Waals surface area contributed by atoms with Gasteiger partial charge in [0.2, 0.25) is 0 Å². The van der Waals surface area contributed by atoms with Gasteiger partial charge in [0.25, 0.3) is 0 Å². The van der Waals surface area contributed by atoms with Crippen molar-refractivity contribution in [3.63, 3.8) is 0 Å². The molecule has 1 atom stereocenters. The van der Waals surface area contributed by atoms with E-state index in [1.807, 2.05) is 0 Å². The maximum absolute atomic E-state index is 14.0. The molecule has 1 fully saturated rings. The van der Waals surface area contributed by atoms with E-state index in [-0.39, 0.29) is 47.9 Å². The number of nitrogens with zero attached hydrogens (tertiary/aromatic N) is 1. The second-order valence-corrected chi connectivity index (χ2v) is 5.30. The normalized spacial score (nSPS) is 17.4. The van der Waals surface area contributed by atoms with Crippen molar-refractivity contribution >= 4 is 48.0 Å². The number of nitrogens with one attached hydrogen (secondary N) is 1. The summed E-state index contributed by atoms with van der Waals surface area (Å²) in [6.45, 7) is 1.14. The van der Waals surface area contributed by atoms with Crippen LogP contribution in [0, 0.1) is 5.82 Å². The molecular formula is C12H14Cl4F4N2. The lowest BCUT2D eigenvalue weighted by Crippen LogP contribution is -2.49. The molecule has 1 aliphatic rings. The van der Waals surface area contributed by atoms with E-state index in [9.17, 15) is 17.6 Å². The average molecular weight is 404 g/mol. The average Bonchev–Trinajstić information content (AvgIpc) is 2.39. The molecule has 0 amide bonds. The van der Waals surface area contributed by atoms with Crippen LogP contribution in [0.3, 0.4) is 0 Å². The molecule has 0 aromatic heterocycles. The van der Waals surface area contributed by atoms with Gasteiger partial charge >= 0.3 is 6.18 Å². The molecule has 22 heavy (non-hydrogen) atoms. The number of benzene rings is 1. The molecule has 0 aliphatic carbocycles. The monoisotopic (exact) mass is 402 g/mol. The summed E-state index contributed by atoms with van der Waals surface area (Å²) in [6.07, 6.45) is -4.63. The van der Waals surface area contributed by atoms with Crippen molar-refractivity contribution in [1.29, 1.82) is 0 Å². The Morgan fingerprint density at radius 1 is 1.05 bits per heavy atom. The number of hydrogen-bond acceptors (Lipinski definition) is 2. The Hall–Kier alpha value is 0.0200. The molecule has 1 aromatic rings. The quantitative estimate of drug-likeness (QED) is 0.578. The smallest absolute Gasteiger partial charge is 0.314 e. The molecule has 0 radical (unpaired) electrons. The summed E-state index contributed by atoms with van der Waals surface area (Å²) >= 11 is 11.4. The first-order chi connectivity index (χ1) is 9.32. The van der Waals surface area contributed by atoms with Crippen molar-refractivity contribution in [2.24, 2.45) is 0 Å². The van der Waals surface area contributed by atoms with E-state index in [1.54, 1.807) is 0 Å². The minimum atomic E-state index is -4.63. The second kappa shape index (κ2) is 8.76. The summed E-state index contributed by atoms with van der Waals surface area (Å²) in [5.74, 6) is -1.11. The Kier molecular flexibility index (Phi) is 8.76. The lowest BCUT2D eigenvalue weighted by Gasteiger charge is -2.36. The van der Waals surface area contributed by atoms with Crippen molar-refractivity contribution in [2.75, 3.05) is 26.2 Å². The third-order valence-electron chi connectivity index (χ3n) is 3.18. The van der Waals surface area contributed by atoms with Crippen LogP contribution in [-0.2, 0) is 0 Å². The summed E-state index contributed by atoms with van der Waals surface area (Å²) < 4.78 is 54.1. The molecule has 10 heteroatoms. The zero-order valence-corrected chi connectivity index (χ0v) is 14.2. The van der Waals surface area contributed by atoms with E-state index in [1.165, 1.54) is 6.07 Å². The van der Waals surface area contributed by atoms with Gasteiger partial charge in [-0.25, -0.2) is 4.39 Å². The summed E-state index contributed by atoms with van der Waals surface area (Å²) in [7, 11) is 0. The fourth-order valence-electron chi connectivity index (χ4n) is 2.29. The van der Waals surface area contributed by atoms with E-state index in [0.717, 1.165) is 11.0 Å². The minimum Gasteiger partial charge on any atom is -0.314 e. The van der Waals surface area contributed by atoms with Gasteiger partial charge in [-0.3, -0.25) is 4.90 Å². The second-order valence-electron chi connectivity index (χ2n) is 4.49. The Balaban J connectivity index is 0.00000220. The Morgan fingerprint density at radius 2 is 1.55 bits per heavy atom. The Bertz CT molecular complexity index is 493. The molecular weight excluding hydrogens is 390 g/mol. The topological polar surface area (TPSA) is 15.3 Å². The summed E-state index contributed by atoms with van der Waals surface area (Å²) in [5, 5.41) is 2.31. The number of rotatable bonds is 2. The van der Waals surface area contributed by atoms with Gasteiger partial charge < -0.3 is 5.32 Å². The molecule has 1 aliphatic heterocycles. The zero-order chi connectivity index (χ0) is 14.9. The first kappa shape index (κ1) is 22.0. The van der Waals surface area contributed by atoms with Crippen LogP contribution in [0.15, 0.2) is 12.1 Å². The lowest BCUT2D eigenvalue weighted by atomic mass is 10.0. The Morgan fingerprint density at radius 3 is 2.05 bits per heavy atom. The maximum Gasteiger partial charge on any atom is 0.408 e. The summed E-state index contributed by atoms with van der Waals surface area (Å²) in [6, 6.07) is 0.243. The van der Waals surface area contributed by atoms with Gasteiger partial charge in [-0.2, -0.15) is 13.2 Å². The standard InChI is InChI=1S/C12H12Cl2F4N2.2ClH/c13-7-1-2-8(14)10(15)9(7)11(12(16,17)18)20-5-3-19-4-6-20;;/h1-2,11,19H,3-6H2;2*1H/t11-;;/m1../s1. The van der Waals surface area contributed by atoms with Crippen LogP contribution < -0.4 is 5.32 Å². The molecule has 128 valence electrons. The van der Waals surface area contributed by atoms with Crippen LogP contribution in [-0.4, -0.2) is 37.3 Å². The molecule has 1 heterocycles. The van der Waals surface area contributed by atoms with Crippen LogP contribution in [0.4, 0.5) is 17.6 Å². The van der Waals surface area contributed by atoms with Crippen molar-refractivity contribution in [1.82, 2.24) is 10.2 Å². The highest BCUT2D eigenvalue weighted by molar-refractivity contribution is 6.33. The number of halogens is 8. The molecule has 0 bridgehead atoms. The summed E-state index contributed by atoms with van der Waals surface area (Å²) in [4.78, 5) is 1.16. The van der Waals surface area contributed by atoms with E-state index in [2.05, 4.69) is 5.32 Å². The highest BCUT2D eigenvalue weighted by atomic mass is 35.5. The molecule has 2 rings (SSSR count). The zero-order valence-electron chi connectivity index (χ0n) is 11.1. The van der Waals surface area contributed by atoms with E-state index >= 15 is 0 Å². The van der Waals surface area contributed by atoms with Gasteiger partial charge in [0.15, 0.2) is 0 Å². The number of hydrogen-bond donors (Lipinski definition) is 1. The van der Waals surface area contributed by atoms with Gasteiger partial charge in [0.05, 0.1) is 5.02 Å². The molecule has 0 unspecified atom stereocenters. The van der Waals surface area contributed by atoms with E-state index < -0.39 is 23.6 Å². The van der Waals surface area contributed by atoms with Crippen LogP contribution >= 0.6 is 48.0 Å². The first-order valence-corrected chi connectivity index (χ1v) is 6.73. The highest BCUT2D eigenvalue weighted by Gasteiger charge is 2.47. The van der Waals surface area contributed by atoms with Gasteiger partial charge in [-0.1, -0.05) is 23.2 Å². The van der Waals surface area contributed by atoms with Crippen LogP contribution in [0.25, 0.3) is 0 Å². The largest absolute Gasteiger partial charge is 0.408 e. The van der Waals surface area contributed by atoms with Crippen molar-refractivity contribution in [3.8, 4) is 0 Å². The molecule has 0 saturated carbocycles. The third-order valence-corrected chi connectivity index (χ3v) is 3.80. The highest BCUT2D eigenvalue weighted by Crippen LogP contribution is 2.43. The third kappa shape index (κ3) is 4.76. The first-order valence-electron chi connectivity index (χ1n) is 5.97. The van der Waals surface area contributed by atoms with Gasteiger partial charge in [0.1, 0.15) is 11.9 Å². The summed E-state index contributed by atoms with van der Waals surface area (Å²) in [5.41, 5.74) is -0.603. The predicted octanol–water partition coefficient (Wildman–Crippen LogP) is 4.48. The van der Waals surface area contributed by atoms with Crippen molar-refractivity contribution in [2.45, 2.75) is 12.2 Å². The minimum absolute atomic E-state index is 0. The molecule has 1 aromatic carbocycles. The molecule has 1 N–H and O–H groups in total. The van der Waals surface area contributed by atoms with Crippen molar-refractivity contribution in [3.05, 3.63) is 33.6 Å². The number of piperazine rings is 1. The van der Waals surface area contributed by atoms with Crippen LogP contribution in [0.5, 0.6) is 0 Å². The fraction of sp³-hybridized carbons (Fsp3) is 0.500. The molecule has 1 saturated heterocycles. The van der Waals surface area contributed by atoms with Gasteiger partial charge in [0, 0.05) is 36.8 Å². The van der Waals surface area contributed by atoms with E-state index in [4.69, 9.17) is 23.2 Å². The molecule has 2 nitrogen and oxygen atoms in total. The number of alkyl halides is 3. The van der Waals surface area contributed by atoms with Crippen LogP contribution in [0.1, 0.15) is 11.6 Å². The predicted molar refractivity (Wildman–Crippen MR) is 84.2 cm³/mol.